The van der Waals surface area contributed by atoms with E-state index in [1.54, 1.807) is 0 Å². The van der Waals surface area contributed by atoms with Crippen LogP contribution in [-0.2, 0) is 4.79 Å². The monoisotopic (exact) mass is 420 g/mol. The average Bonchev–Trinajstić information content (AvgIpc) is 3.17. The van der Waals surface area contributed by atoms with Gasteiger partial charge in [0, 0.05) is 49.9 Å². The number of hydrogen-bond acceptors (Lipinski definition) is 3. The second-order valence-corrected chi connectivity index (χ2v) is 10.0. The molecule has 6 nitrogen and oxygen atoms in total. The number of imidazole rings is 1. The Bertz CT molecular complexity index is 1010. The molecule has 2 unspecified atom stereocenters. The maximum atomic E-state index is 13.7. The van der Waals surface area contributed by atoms with Crippen molar-refractivity contribution < 1.29 is 9.59 Å². The van der Waals surface area contributed by atoms with Crippen LogP contribution < -0.4 is 0 Å². The second-order valence-electron chi connectivity index (χ2n) is 10.0. The maximum absolute atomic E-state index is 13.7. The first kappa shape index (κ1) is 20.3. The molecule has 6 heteroatoms. The molecule has 3 fully saturated rings. The fourth-order valence-corrected chi connectivity index (χ4v) is 5.33. The molecule has 1 spiro atoms. The molecule has 0 radical (unpaired) electrons. The minimum Gasteiger partial charge on any atom is -0.342 e. The summed E-state index contributed by atoms with van der Waals surface area (Å²) in [5.41, 5.74) is 2.16. The smallest absolute Gasteiger partial charge is 0.253 e. The van der Waals surface area contributed by atoms with Gasteiger partial charge in [-0.2, -0.15) is 0 Å². The molecule has 1 aliphatic carbocycles. The number of aromatic nitrogens is 2. The molecule has 2 aliphatic heterocycles. The lowest BCUT2D eigenvalue weighted by Gasteiger charge is -2.28. The van der Waals surface area contributed by atoms with Gasteiger partial charge in [-0.15, -0.1) is 0 Å². The Kier molecular flexibility index (Phi) is 4.91. The Balaban J connectivity index is 1.47. The molecule has 2 amide bonds. The fourth-order valence-electron chi connectivity index (χ4n) is 5.33. The number of carbonyl (C=O) groups is 2. The van der Waals surface area contributed by atoms with E-state index in [2.05, 4.69) is 29.5 Å². The van der Waals surface area contributed by atoms with Crippen LogP contribution in [0, 0.1) is 18.3 Å². The largest absolute Gasteiger partial charge is 0.342 e. The molecule has 0 bridgehead atoms. The van der Waals surface area contributed by atoms with E-state index < -0.39 is 5.41 Å². The molecule has 2 aromatic rings. The minimum absolute atomic E-state index is 0.0160. The van der Waals surface area contributed by atoms with Gasteiger partial charge in [0.15, 0.2) is 0 Å². The topological polar surface area (TPSA) is 58.4 Å². The van der Waals surface area contributed by atoms with E-state index in [0.29, 0.717) is 30.6 Å². The van der Waals surface area contributed by atoms with E-state index in [0.717, 1.165) is 30.8 Å². The summed E-state index contributed by atoms with van der Waals surface area (Å²) in [6.07, 6.45) is 7.21. The highest BCUT2D eigenvalue weighted by atomic mass is 16.2. The van der Waals surface area contributed by atoms with Gasteiger partial charge in [0.2, 0.25) is 5.91 Å². The standard InChI is InChI=1S/C25H32N4O2/c1-17(2)29-14-22(26-16-29)21-13-28(23(30)20-6-4-5-18(3)11-20)15-25(21)9-10-27(24(25)31)12-19-7-8-19/h4-6,11,14,16-17,19,21H,7-10,12-13,15H2,1-3H3. The number of rotatable bonds is 5. The molecule has 1 saturated carbocycles. The molecular formula is C25H32N4O2. The van der Waals surface area contributed by atoms with Crippen LogP contribution in [0.5, 0.6) is 0 Å². The Morgan fingerprint density at radius 2 is 2.10 bits per heavy atom. The fraction of sp³-hybridized carbons (Fsp3) is 0.560. The lowest BCUT2D eigenvalue weighted by molar-refractivity contribution is -0.136. The van der Waals surface area contributed by atoms with E-state index in [1.807, 2.05) is 42.4 Å². The summed E-state index contributed by atoms with van der Waals surface area (Å²) in [5, 5.41) is 0. The van der Waals surface area contributed by atoms with E-state index in [1.165, 1.54) is 12.8 Å². The van der Waals surface area contributed by atoms with Gasteiger partial charge in [-0.3, -0.25) is 9.59 Å². The van der Waals surface area contributed by atoms with Crippen LogP contribution in [-0.4, -0.2) is 57.3 Å². The van der Waals surface area contributed by atoms with Crippen LogP contribution in [0.1, 0.15) is 66.7 Å². The Labute approximate surface area is 184 Å². The highest BCUT2D eigenvalue weighted by molar-refractivity contribution is 5.96. The van der Waals surface area contributed by atoms with Crippen molar-refractivity contribution in [2.24, 2.45) is 11.3 Å². The van der Waals surface area contributed by atoms with Crippen molar-refractivity contribution in [1.82, 2.24) is 19.4 Å². The summed E-state index contributed by atoms with van der Waals surface area (Å²) in [4.78, 5) is 35.8. The van der Waals surface area contributed by atoms with Gasteiger partial charge in [0.25, 0.3) is 5.91 Å². The van der Waals surface area contributed by atoms with Crippen molar-refractivity contribution in [3.63, 3.8) is 0 Å². The predicted octanol–water partition coefficient (Wildman–Crippen LogP) is 3.64. The normalized spacial score (nSPS) is 25.9. The molecule has 1 aromatic carbocycles. The van der Waals surface area contributed by atoms with Crippen LogP contribution >= 0.6 is 0 Å². The molecule has 2 atom stereocenters. The zero-order valence-corrected chi connectivity index (χ0v) is 18.8. The van der Waals surface area contributed by atoms with Crippen LogP contribution in [0.25, 0.3) is 0 Å². The highest BCUT2D eigenvalue weighted by Crippen LogP contribution is 2.50. The summed E-state index contributed by atoms with van der Waals surface area (Å²) in [6.45, 7) is 8.95. The second kappa shape index (κ2) is 7.50. The molecule has 3 aliphatic rings. The maximum Gasteiger partial charge on any atom is 0.253 e. The summed E-state index contributed by atoms with van der Waals surface area (Å²) in [5.74, 6) is 0.854. The van der Waals surface area contributed by atoms with Gasteiger partial charge < -0.3 is 14.4 Å². The lowest BCUT2D eigenvalue weighted by atomic mass is 9.75. The quantitative estimate of drug-likeness (QED) is 0.742. The predicted molar refractivity (Wildman–Crippen MR) is 119 cm³/mol. The van der Waals surface area contributed by atoms with E-state index in [-0.39, 0.29) is 17.7 Å². The SMILES string of the molecule is Cc1cccc(C(=O)N2CC(c3cn(C(C)C)cn3)C3(CCN(CC4CC4)C3=O)C2)c1. The van der Waals surface area contributed by atoms with Crippen molar-refractivity contribution in [2.75, 3.05) is 26.2 Å². The molecule has 1 aromatic heterocycles. The van der Waals surface area contributed by atoms with Crippen molar-refractivity contribution in [2.45, 2.75) is 52.0 Å². The van der Waals surface area contributed by atoms with Gasteiger partial charge in [0.05, 0.1) is 17.4 Å². The number of amides is 2. The molecular weight excluding hydrogens is 388 g/mol. The van der Waals surface area contributed by atoms with Crippen LogP contribution in [0.3, 0.4) is 0 Å². The van der Waals surface area contributed by atoms with Gasteiger partial charge >= 0.3 is 0 Å². The molecule has 5 rings (SSSR count). The summed E-state index contributed by atoms with van der Waals surface area (Å²) >= 11 is 0. The van der Waals surface area contributed by atoms with Crippen LogP contribution in [0.4, 0.5) is 0 Å². The highest BCUT2D eigenvalue weighted by Gasteiger charge is 2.59. The van der Waals surface area contributed by atoms with E-state index in [9.17, 15) is 9.59 Å². The van der Waals surface area contributed by atoms with Gasteiger partial charge in [-0.1, -0.05) is 17.7 Å². The van der Waals surface area contributed by atoms with Gasteiger partial charge in [-0.25, -0.2) is 4.98 Å². The van der Waals surface area contributed by atoms with Crippen molar-refractivity contribution in [3.8, 4) is 0 Å². The third-order valence-corrected chi connectivity index (χ3v) is 7.39. The third-order valence-electron chi connectivity index (χ3n) is 7.39. The van der Waals surface area contributed by atoms with Crippen molar-refractivity contribution in [3.05, 3.63) is 53.6 Å². The molecule has 2 saturated heterocycles. The third kappa shape index (κ3) is 3.56. The zero-order valence-electron chi connectivity index (χ0n) is 18.8. The first-order valence-corrected chi connectivity index (χ1v) is 11.6. The van der Waals surface area contributed by atoms with Gasteiger partial charge in [0.1, 0.15) is 0 Å². The van der Waals surface area contributed by atoms with Crippen molar-refractivity contribution in [1.29, 1.82) is 0 Å². The van der Waals surface area contributed by atoms with Crippen molar-refractivity contribution >= 4 is 11.8 Å². The molecule has 3 heterocycles. The van der Waals surface area contributed by atoms with Gasteiger partial charge in [-0.05, 0) is 58.1 Å². The number of likely N-dealkylation sites (tertiary alicyclic amines) is 2. The number of nitrogens with zero attached hydrogens (tertiary/aromatic N) is 4. The Morgan fingerprint density at radius 3 is 2.77 bits per heavy atom. The number of benzene rings is 1. The van der Waals surface area contributed by atoms with Crippen LogP contribution in [0.2, 0.25) is 0 Å². The minimum atomic E-state index is -0.551. The average molecular weight is 421 g/mol. The summed E-state index contributed by atoms with van der Waals surface area (Å²) in [6, 6.07) is 8.05. The Morgan fingerprint density at radius 1 is 1.29 bits per heavy atom. The number of aryl methyl sites for hydroxylation is 1. The molecule has 164 valence electrons. The number of hydrogen-bond donors (Lipinski definition) is 0. The zero-order chi connectivity index (χ0) is 21.8. The first-order chi connectivity index (χ1) is 14.9. The molecule has 0 N–H and O–H groups in total. The number of carbonyl (C=O) groups excluding carboxylic acids is 2. The summed E-state index contributed by atoms with van der Waals surface area (Å²) in [7, 11) is 0. The van der Waals surface area contributed by atoms with E-state index >= 15 is 0 Å². The van der Waals surface area contributed by atoms with E-state index in [4.69, 9.17) is 4.98 Å². The first-order valence-electron chi connectivity index (χ1n) is 11.6. The summed E-state index contributed by atoms with van der Waals surface area (Å²) < 4.78 is 2.09. The lowest BCUT2D eigenvalue weighted by Crippen LogP contribution is -2.41. The molecule has 31 heavy (non-hydrogen) atoms. The van der Waals surface area contributed by atoms with Crippen LogP contribution in [0.15, 0.2) is 36.8 Å². The Hall–Kier alpha value is -2.63.